The number of hydrogen-bond acceptors (Lipinski definition) is 3. The van der Waals surface area contributed by atoms with Gasteiger partial charge in [0.15, 0.2) is 0 Å². The smallest absolute Gasteiger partial charge is 0.280 e. The first kappa shape index (κ1) is 20.9. The maximum atomic E-state index is 13.0. The highest BCUT2D eigenvalue weighted by Crippen LogP contribution is 2.34. The van der Waals surface area contributed by atoms with E-state index in [4.69, 9.17) is 27.9 Å². The normalized spacial score (nSPS) is 15.5. The lowest BCUT2D eigenvalue weighted by molar-refractivity contribution is -0.114. The van der Waals surface area contributed by atoms with Crippen molar-refractivity contribution in [3.63, 3.8) is 0 Å². The Bertz CT molecular complexity index is 990. The summed E-state index contributed by atoms with van der Waals surface area (Å²) in [6.07, 6.45) is 1.83. The molecule has 3 rings (SSSR count). The fourth-order valence-electron chi connectivity index (χ4n) is 2.62. The Kier molecular flexibility index (Phi) is 6.70. The van der Waals surface area contributed by atoms with Gasteiger partial charge in [0.05, 0.1) is 37.2 Å². The Labute approximate surface area is 194 Å². The summed E-state index contributed by atoms with van der Waals surface area (Å²) >= 11 is 16.5. The molecule has 140 valence electrons. The van der Waals surface area contributed by atoms with E-state index < -0.39 is 0 Å². The molecule has 0 aromatic heterocycles. The van der Waals surface area contributed by atoms with Crippen molar-refractivity contribution in [2.75, 3.05) is 11.6 Å². The number of benzene rings is 2. The van der Waals surface area contributed by atoms with Crippen molar-refractivity contribution in [1.29, 1.82) is 0 Å². The SMILES string of the molecule is CCOc1c(I)cc(I)cc1/C=C1/C(=O)N(c2ccc(Cl)c(Cl)c2)N=C1C. The monoisotopic (exact) mass is 626 g/mol. The zero-order chi connectivity index (χ0) is 19.7. The largest absolute Gasteiger partial charge is 0.492 e. The average molecular weight is 627 g/mol. The highest BCUT2D eigenvalue weighted by atomic mass is 127. The molecule has 27 heavy (non-hydrogen) atoms. The zero-order valence-electron chi connectivity index (χ0n) is 14.4. The standard InChI is InChI=1S/C19H14Cl2I2N2O2/c1-3-27-18-11(6-12(22)8-17(18)23)7-14-10(2)24-25(19(14)26)13-4-5-15(20)16(21)9-13/h4-9H,3H2,1-2H3/b14-7+. The van der Waals surface area contributed by atoms with Crippen LogP contribution in [-0.4, -0.2) is 18.2 Å². The summed E-state index contributed by atoms with van der Waals surface area (Å²) in [5.41, 5.74) is 2.56. The van der Waals surface area contributed by atoms with E-state index in [1.165, 1.54) is 5.01 Å². The molecule has 0 unspecified atom stereocenters. The minimum atomic E-state index is -0.220. The quantitative estimate of drug-likeness (QED) is 0.291. The van der Waals surface area contributed by atoms with E-state index in [0.29, 0.717) is 33.6 Å². The lowest BCUT2D eigenvalue weighted by Crippen LogP contribution is -2.21. The number of rotatable bonds is 4. The molecule has 0 aliphatic carbocycles. The summed E-state index contributed by atoms with van der Waals surface area (Å²) in [5, 5.41) is 6.53. The van der Waals surface area contributed by atoms with Gasteiger partial charge in [-0.05, 0) is 95.4 Å². The molecule has 0 atom stereocenters. The van der Waals surface area contributed by atoms with Crippen LogP contribution >= 0.6 is 68.4 Å². The van der Waals surface area contributed by atoms with Gasteiger partial charge >= 0.3 is 0 Å². The van der Waals surface area contributed by atoms with Crippen LogP contribution in [-0.2, 0) is 4.79 Å². The van der Waals surface area contributed by atoms with Gasteiger partial charge < -0.3 is 4.74 Å². The van der Waals surface area contributed by atoms with Crippen LogP contribution in [0.15, 0.2) is 41.0 Å². The van der Waals surface area contributed by atoms with E-state index in [2.05, 4.69) is 50.3 Å². The minimum Gasteiger partial charge on any atom is -0.492 e. The second kappa shape index (κ2) is 8.67. The van der Waals surface area contributed by atoms with Gasteiger partial charge in [0.25, 0.3) is 5.91 Å². The third-order valence-corrected chi connectivity index (χ3v) is 6.00. The van der Waals surface area contributed by atoms with Gasteiger partial charge in [-0.1, -0.05) is 23.2 Å². The highest BCUT2D eigenvalue weighted by Gasteiger charge is 2.29. The lowest BCUT2D eigenvalue weighted by Gasteiger charge is -2.13. The molecule has 2 aromatic rings. The Morgan fingerprint density at radius 3 is 2.59 bits per heavy atom. The molecule has 1 heterocycles. The number of nitrogens with zero attached hydrogens (tertiary/aromatic N) is 2. The van der Waals surface area contributed by atoms with Gasteiger partial charge in [0, 0.05) is 9.13 Å². The summed E-state index contributed by atoms with van der Waals surface area (Å²) in [6.45, 7) is 4.29. The third kappa shape index (κ3) is 4.44. The van der Waals surface area contributed by atoms with Crippen LogP contribution < -0.4 is 9.75 Å². The van der Waals surface area contributed by atoms with Crippen molar-refractivity contribution in [3.05, 3.63) is 58.7 Å². The Balaban J connectivity index is 2.03. The van der Waals surface area contributed by atoms with Crippen LogP contribution in [0.4, 0.5) is 5.69 Å². The van der Waals surface area contributed by atoms with Gasteiger partial charge in [-0.3, -0.25) is 4.79 Å². The van der Waals surface area contributed by atoms with Crippen LogP contribution in [0.3, 0.4) is 0 Å². The molecule has 0 fully saturated rings. The molecule has 0 N–H and O–H groups in total. The number of carbonyl (C=O) groups excluding carboxylic acids is 1. The van der Waals surface area contributed by atoms with Crippen molar-refractivity contribution in [3.8, 4) is 5.75 Å². The molecule has 8 heteroatoms. The van der Waals surface area contributed by atoms with Crippen LogP contribution in [0.25, 0.3) is 6.08 Å². The first-order chi connectivity index (χ1) is 12.8. The Morgan fingerprint density at radius 1 is 1.19 bits per heavy atom. The second-order valence-corrected chi connectivity index (χ2v) is 8.92. The van der Waals surface area contributed by atoms with E-state index in [1.54, 1.807) is 25.1 Å². The van der Waals surface area contributed by atoms with Crippen LogP contribution in [0.1, 0.15) is 19.4 Å². The van der Waals surface area contributed by atoms with Gasteiger partial charge in [-0.15, -0.1) is 0 Å². The summed E-state index contributed by atoms with van der Waals surface area (Å²) in [5.74, 6) is 0.543. The highest BCUT2D eigenvalue weighted by molar-refractivity contribution is 14.1. The Hall–Kier alpha value is -0.840. The number of anilines is 1. The first-order valence-electron chi connectivity index (χ1n) is 8.00. The van der Waals surface area contributed by atoms with Crippen molar-refractivity contribution in [2.45, 2.75) is 13.8 Å². The van der Waals surface area contributed by atoms with E-state index in [9.17, 15) is 4.79 Å². The molecule has 0 saturated carbocycles. The number of ether oxygens (including phenoxy) is 1. The van der Waals surface area contributed by atoms with Crippen molar-refractivity contribution >= 4 is 91.8 Å². The van der Waals surface area contributed by atoms with Crippen LogP contribution in [0.2, 0.25) is 10.0 Å². The molecule has 2 aromatic carbocycles. The number of hydrogen-bond donors (Lipinski definition) is 0. The molecular weight excluding hydrogens is 613 g/mol. The fourth-order valence-corrected chi connectivity index (χ4v) is 4.95. The van der Waals surface area contributed by atoms with E-state index >= 15 is 0 Å². The summed E-state index contributed by atoms with van der Waals surface area (Å²) < 4.78 is 7.85. The number of amides is 1. The van der Waals surface area contributed by atoms with Crippen molar-refractivity contribution in [1.82, 2.24) is 0 Å². The lowest BCUT2D eigenvalue weighted by atomic mass is 10.1. The van der Waals surface area contributed by atoms with E-state index in [1.807, 2.05) is 25.1 Å². The second-order valence-electron chi connectivity index (χ2n) is 5.70. The van der Waals surface area contributed by atoms with Crippen molar-refractivity contribution < 1.29 is 9.53 Å². The molecule has 1 aliphatic heterocycles. The predicted octanol–water partition coefficient (Wildman–Crippen LogP) is 6.41. The minimum absolute atomic E-state index is 0.220. The molecule has 0 radical (unpaired) electrons. The van der Waals surface area contributed by atoms with E-state index in [0.717, 1.165) is 18.5 Å². The van der Waals surface area contributed by atoms with Gasteiger partial charge in [0.1, 0.15) is 5.75 Å². The predicted molar refractivity (Wildman–Crippen MR) is 128 cm³/mol. The molecule has 1 aliphatic rings. The molecular formula is C19H14Cl2I2N2O2. The third-order valence-electron chi connectivity index (χ3n) is 3.84. The summed E-state index contributed by atoms with van der Waals surface area (Å²) in [4.78, 5) is 13.0. The van der Waals surface area contributed by atoms with Gasteiger partial charge in [-0.2, -0.15) is 10.1 Å². The number of hydrazone groups is 1. The summed E-state index contributed by atoms with van der Waals surface area (Å²) in [7, 11) is 0. The topological polar surface area (TPSA) is 41.9 Å². The maximum absolute atomic E-state index is 13.0. The first-order valence-corrected chi connectivity index (χ1v) is 10.9. The fraction of sp³-hybridized carbons (Fsp3) is 0.158. The molecule has 0 saturated heterocycles. The van der Waals surface area contributed by atoms with E-state index in [-0.39, 0.29) is 5.91 Å². The van der Waals surface area contributed by atoms with Crippen molar-refractivity contribution in [2.24, 2.45) is 5.10 Å². The van der Waals surface area contributed by atoms with Crippen LogP contribution in [0, 0.1) is 7.14 Å². The van der Waals surface area contributed by atoms with Gasteiger partial charge in [-0.25, -0.2) is 0 Å². The molecule has 1 amide bonds. The number of halogens is 4. The molecule has 0 bridgehead atoms. The average Bonchev–Trinajstić information content (AvgIpc) is 2.88. The number of carbonyl (C=O) groups is 1. The van der Waals surface area contributed by atoms with Crippen LogP contribution in [0.5, 0.6) is 5.75 Å². The Morgan fingerprint density at radius 2 is 1.93 bits per heavy atom. The summed E-state index contributed by atoms with van der Waals surface area (Å²) in [6, 6.07) is 9.01. The zero-order valence-corrected chi connectivity index (χ0v) is 20.2. The maximum Gasteiger partial charge on any atom is 0.280 e. The van der Waals surface area contributed by atoms with Gasteiger partial charge in [0.2, 0.25) is 0 Å². The molecule has 0 spiro atoms. The molecule has 4 nitrogen and oxygen atoms in total.